The average molecular weight is 287 g/mol. The van der Waals surface area contributed by atoms with Gasteiger partial charge in [0.1, 0.15) is 0 Å². The number of hydrogen-bond acceptors (Lipinski definition) is 1. The van der Waals surface area contributed by atoms with E-state index in [1.165, 1.54) is 69.2 Å². The Morgan fingerprint density at radius 2 is 1.76 bits per heavy atom. The minimum absolute atomic E-state index is 0.874. The molecule has 0 saturated heterocycles. The summed E-state index contributed by atoms with van der Waals surface area (Å²) in [5.74, 6) is 1.75. The summed E-state index contributed by atoms with van der Waals surface area (Å²) in [5, 5.41) is 3.67. The number of benzene rings is 1. The predicted octanol–water partition coefficient (Wildman–Crippen LogP) is 5.04. The second kappa shape index (κ2) is 8.58. The summed E-state index contributed by atoms with van der Waals surface area (Å²) in [6, 6.07) is 7.06. The van der Waals surface area contributed by atoms with Crippen molar-refractivity contribution in [2.45, 2.75) is 65.7 Å². The minimum Gasteiger partial charge on any atom is -0.316 e. The van der Waals surface area contributed by atoms with Gasteiger partial charge in [0.25, 0.3) is 0 Å². The van der Waals surface area contributed by atoms with Gasteiger partial charge >= 0.3 is 0 Å². The van der Waals surface area contributed by atoms with Gasteiger partial charge in [0.15, 0.2) is 0 Å². The molecule has 1 aliphatic carbocycles. The van der Waals surface area contributed by atoms with Crippen molar-refractivity contribution >= 4 is 0 Å². The van der Waals surface area contributed by atoms with Crippen molar-refractivity contribution in [2.75, 3.05) is 13.1 Å². The monoisotopic (exact) mass is 287 g/mol. The summed E-state index contributed by atoms with van der Waals surface area (Å²) in [6.45, 7) is 9.11. The molecule has 2 rings (SSSR count). The molecule has 0 bridgehead atoms. The molecular formula is C20H33N. The summed E-state index contributed by atoms with van der Waals surface area (Å²) >= 11 is 0. The highest BCUT2D eigenvalue weighted by molar-refractivity contribution is 5.30. The molecular weight excluding hydrogens is 254 g/mol. The summed E-state index contributed by atoms with van der Waals surface area (Å²) in [7, 11) is 0. The molecule has 1 fully saturated rings. The van der Waals surface area contributed by atoms with Gasteiger partial charge < -0.3 is 5.32 Å². The average Bonchev–Trinajstić information content (AvgIpc) is 2.69. The molecule has 0 heterocycles. The lowest BCUT2D eigenvalue weighted by Gasteiger charge is -2.26. The molecule has 1 N–H and O–H groups in total. The molecule has 1 aliphatic rings. The van der Waals surface area contributed by atoms with Crippen LogP contribution in [0, 0.1) is 25.7 Å². The molecule has 0 aliphatic heterocycles. The lowest BCUT2D eigenvalue weighted by Crippen LogP contribution is -2.29. The van der Waals surface area contributed by atoms with Crippen LogP contribution in [-0.2, 0) is 6.42 Å². The molecule has 118 valence electrons. The number of rotatable bonds is 6. The third-order valence-electron chi connectivity index (χ3n) is 5.22. The van der Waals surface area contributed by atoms with Crippen molar-refractivity contribution in [3.63, 3.8) is 0 Å². The van der Waals surface area contributed by atoms with E-state index in [0.29, 0.717) is 0 Å². The SMILES string of the molecule is CCCNCC1CCCCCC1Cc1ccc(C)c(C)c1. The van der Waals surface area contributed by atoms with Crippen molar-refractivity contribution in [3.05, 3.63) is 34.9 Å². The topological polar surface area (TPSA) is 12.0 Å². The molecule has 1 heteroatoms. The first-order chi connectivity index (χ1) is 10.2. The van der Waals surface area contributed by atoms with Gasteiger partial charge in [-0.05, 0) is 81.1 Å². The molecule has 1 aromatic carbocycles. The van der Waals surface area contributed by atoms with Crippen LogP contribution < -0.4 is 5.32 Å². The van der Waals surface area contributed by atoms with Crippen LogP contribution in [0.5, 0.6) is 0 Å². The quantitative estimate of drug-likeness (QED) is 0.571. The maximum absolute atomic E-state index is 3.67. The van der Waals surface area contributed by atoms with E-state index in [1.807, 2.05) is 0 Å². The van der Waals surface area contributed by atoms with Crippen LogP contribution in [0.15, 0.2) is 18.2 Å². The fourth-order valence-corrected chi connectivity index (χ4v) is 3.70. The zero-order valence-corrected chi connectivity index (χ0v) is 14.3. The van der Waals surface area contributed by atoms with Crippen molar-refractivity contribution in [2.24, 2.45) is 11.8 Å². The van der Waals surface area contributed by atoms with Crippen LogP contribution in [0.3, 0.4) is 0 Å². The van der Waals surface area contributed by atoms with E-state index in [1.54, 1.807) is 5.56 Å². The Kier molecular flexibility index (Phi) is 6.76. The molecule has 1 nitrogen and oxygen atoms in total. The third-order valence-corrected chi connectivity index (χ3v) is 5.22. The van der Waals surface area contributed by atoms with Gasteiger partial charge in [-0.3, -0.25) is 0 Å². The van der Waals surface area contributed by atoms with Gasteiger partial charge in [-0.1, -0.05) is 44.4 Å². The summed E-state index contributed by atoms with van der Waals surface area (Å²) in [6.07, 6.45) is 9.67. The molecule has 21 heavy (non-hydrogen) atoms. The number of hydrogen-bond donors (Lipinski definition) is 1. The van der Waals surface area contributed by atoms with Crippen LogP contribution >= 0.6 is 0 Å². The van der Waals surface area contributed by atoms with Crippen LogP contribution in [0.2, 0.25) is 0 Å². The highest BCUT2D eigenvalue weighted by Gasteiger charge is 2.23. The van der Waals surface area contributed by atoms with Crippen LogP contribution in [0.4, 0.5) is 0 Å². The third kappa shape index (κ3) is 5.14. The van der Waals surface area contributed by atoms with Crippen molar-refractivity contribution in [3.8, 4) is 0 Å². The predicted molar refractivity (Wildman–Crippen MR) is 92.8 cm³/mol. The van der Waals surface area contributed by atoms with Crippen LogP contribution in [0.25, 0.3) is 0 Å². The molecule has 0 spiro atoms. The highest BCUT2D eigenvalue weighted by Crippen LogP contribution is 2.31. The smallest absolute Gasteiger partial charge is 0.00178 e. The maximum atomic E-state index is 3.67. The fourth-order valence-electron chi connectivity index (χ4n) is 3.70. The standard InChI is InChI=1S/C20H33N/c1-4-12-21-15-20-9-7-5-6-8-19(20)14-18-11-10-16(2)17(3)13-18/h10-11,13,19-21H,4-9,12,14-15H2,1-3H3. The number of aryl methyl sites for hydroxylation is 2. The normalized spacial score (nSPS) is 23.0. The second-order valence-electron chi connectivity index (χ2n) is 6.99. The van der Waals surface area contributed by atoms with Gasteiger partial charge in [0.2, 0.25) is 0 Å². The molecule has 1 aromatic rings. The summed E-state index contributed by atoms with van der Waals surface area (Å²) in [4.78, 5) is 0. The molecule has 0 radical (unpaired) electrons. The minimum atomic E-state index is 0.874. The van der Waals surface area contributed by atoms with E-state index in [4.69, 9.17) is 0 Å². The van der Waals surface area contributed by atoms with Gasteiger partial charge in [0, 0.05) is 0 Å². The largest absolute Gasteiger partial charge is 0.316 e. The van der Waals surface area contributed by atoms with E-state index in [2.05, 4.69) is 44.3 Å². The zero-order valence-electron chi connectivity index (χ0n) is 14.3. The van der Waals surface area contributed by atoms with E-state index in [-0.39, 0.29) is 0 Å². The maximum Gasteiger partial charge on any atom is -0.00178 e. The van der Waals surface area contributed by atoms with Gasteiger partial charge in [0.05, 0.1) is 0 Å². The van der Waals surface area contributed by atoms with Crippen molar-refractivity contribution in [1.82, 2.24) is 5.32 Å². The van der Waals surface area contributed by atoms with Gasteiger partial charge in [-0.15, -0.1) is 0 Å². The van der Waals surface area contributed by atoms with E-state index >= 15 is 0 Å². The Hall–Kier alpha value is -0.820. The first-order valence-electron chi connectivity index (χ1n) is 8.97. The molecule has 2 unspecified atom stereocenters. The van der Waals surface area contributed by atoms with E-state index in [0.717, 1.165) is 11.8 Å². The second-order valence-corrected chi connectivity index (χ2v) is 6.99. The van der Waals surface area contributed by atoms with Gasteiger partial charge in [-0.25, -0.2) is 0 Å². The summed E-state index contributed by atoms with van der Waals surface area (Å²) in [5.41, 5.74) is 4.41. The lowest BCUT2D eigenvalue weighted by atomic mass is 9.82. The van der Waals surface area contributed by atoms with Crippen LogP contribution in [0.1, 0.15) is 62.1 Å². The lowest BCUT2D eigenvalue weighted by molar-refractivity contribution is 0.298. The zero-order chi connectivity index (χ0) is 15.1. The first-order valence-corrected chi connectivity index (χ1v) is 8.97. The summed E-state index contributed by atoms with van der Waals surface area (Å²) < 4.78 is 0. The van der Waals surface area contributed by atoms with E-state index < -0.39 is 0 Å². The Morgan fingerprint density at radius 3 is 2.48 bits per heavy atom. The van der Waals surface area contributed by atoms with Crippen molar-refractivity contribution < 1.29 is 0 Å². The molecule has 2 atom stereocenters. The molecule has 1 saturated carbocycles. The highest BCUT2D eigenvalue weighted by atomic mass is 14.9. The molecule has 0 amide bonds. The van der Waals surface area contributed by atoms with E-state index in [9.17, 15) is 0 Å². The van der Waals surface area contributed by atoms with Crippen LogP contribution in [-0.4, -0.2) is 13.1 Å². The fraction of sp³-hybridized carbons (Fsp3) is 0.700. The van der Waals surface area contributed by atoms with Crippen molar-refractivity contribution in [1.29, 1.82) is 0 Å². The molecule has 0 aromatic heterocycles. The number of nitrogens with one attached hydrogen (secondary N) is 1. The Bertz CT molecular complexity index is 424. The Morgan fingerprint density at radius 1 is 1.00 bits per heavy atom. The Balaban J connectivity index is 1.99. The van der Waals surface area contributed by atoms with Gasteiger partial charge in [-0.2, -0.15) is 0 Å². The Labute approximate surface area is 131 Å². The first kappa shape index (κ1) is 16.5.